The molecule has 26 heavy (non-hydrogen) atoms. The fourth-order valence-electron chi connectivity index (χ4n) is 3.67. The van der Waals surface area contributed by atoms with Gasteiger partial charge in [0.2, 0.25) is 0 Å². The van der Waals surface area contributed by atoms with E-state index >= 15 is 0 Å². The maximum atomic E-state index is 10.9. The predicted octanol–water partition coefficient (Wildman–Crippen LogP) is 4.90. The Kier molecular flexibility index (Phi) is 6.00. The summed E-state index contributed by atoms with van der Waals surface area (Å²) in [5.41, 5.74) is 5.06. The Bertz CT molecular complexity index is 783. The van der Waals surface area contributed by atoms with Gasteiger partial charge in [-0.1, -0.05) is 54.9 Å². The molecule has 1 atom stereocenters. The molecular formula is C22H26ClNO2. The predicted molar refractivity (Wildman–Crippen MR) is 106 cm³/mol. The molecular weight excluding hydrogens is 346 g/mol. The number of hydrogen-bond donors (Lipinski definition) is 1. The van der Waals surface area contributed by atoms with Gasteiger partial charge in [0.05, 0.1) is 5.92 Å². The van der Waals surface area contributed by atoms with E-state index in [1.807, 2.05) is 6.07 Å². The number of nitrogens with zero attached hydrogens (tertiary/aromatic N) is 1. The monoisotopic (exact) mass is 371 g/mol. The molecule has 3 nitrogen and oxygen atoms in total. The molecule has 0 bridgehead atoms. The molecule has 1 saturated heterocycles. The largest absolute Gasteiger partial charge is 0.481 e. The fourth-order valence-corrected chi connectivity index (χ4v) is 3.79. The fraction of sp³-hybridized carbons (Fsp3) is 0.409. The second-order valence-electron chi connectivity index (χ2n) is 7.37. The van der Waals surface area contributed by atoms with Crippen molar-refractivity contribution in [2.75, 3.05) is 13.1 Å². The van der Waals surface area contributed by atoms with Gasteiger partial charge in [0, 0.05) is 24.7 Å². The van der Waals surface area contributed by atoms with Gasteiger partial charge in [-0.15, -0.1) is 0 Å². The molecule has 0 radical (unpaired) electrons. The minimum Gasteiger partial charge on any atom is -0.481 e. The van der Waals surface area contributed by atoms with Crippen LogP contribution in [0, 0.1) is 12.8 Å². The molecule has 0 saturated carbocycles. The highest BCUT2D eigenvalue weighted by Gasteiger charge is 2.32. The van der Waals surface area contributed by atoms with Crippen molar-refractivity contribution < 1.29 is 9.90 Å². The van der Waals surface area contributed by atoms with Crippen LogP contribution in [-0.4, -0.2) is 29.1 Å². The number of hydrogen-bond acceptors (Lipinski definition) is 2. The average molecular weight is 372 g/mol. The van der Waals surface area contributed by atoms with Gasteiger partial charge in [-0.2, -0.15) is 0 Å². The molecule has 1 heterocycles. The lowest BCUT2D eigenvalue weighted by Crippen LogP contribution is -2.49. The molecule has 138 valence electrons. The van der Waals surface area contributed by atoms with Crippen LogP contribution in [0.25, 0.3) is 0 Å². The number of likely N-dealkylation sites (tertiary alicyclic amines) is 1. The lowest BCUT2D eigenvalue weighted by atomic mass is 9.88. The third-order valence-electron chi connectivity index (χ3n) is 5.33. The topological polar surface area (TPSA) is 40.5 Å². The van der Waals surface area contributed by atoms with Crippen LogP contribution in [0.1, 0.15) is 41.5 Å². The van der Waals surface area contributed by atoms with E-state index in [-0.39, 0.29) is 5.92 Å². The molecule has 3 rings (SSSR count). The number of benzene rings is 2. The maximum Gasteiger partial charge on any atom is 0.309 e. The maximum absolute atomic E-state index is 10.9. The van der Waals surface area contributed by atoms with Crippen molar-refractivity contribution in [3.05, 3.63) is 69.7 Å². The van der Waals surface area contributed by atoms with Crippen LogP contribution in [0.2, 0.25) is 5.02 Å². The van der Waals surface area contributed by atoms with Crippen molar-refractivity contribution in [1.82, 2.24) is 4.90 Å². The summed E-state index contributed by atoms with van der Waals surface area (Å²) in [5, 5.41) is 9.82. The summed E-state index contributed by atoms with van der Waals surface area (Å²) in [6.07, 6.45) is 2.08. The normalized spacial score (nSPS) is 16.3. The Balaban J connectivity index is 1.65. The summed E-state index contributed by atoms with van der Waals surface area (Å²) in [6, 6.07) is 15.0. The zero-order chi connectivity index (χ0) is 18.7. The molecule has 1 fully saturated rings. The Morgan fingerprint density at radius 2 is 1.96 bits per heavy atom. The van der Waals surface area contributed by atoms with Crippen molar-refractivity contribution in [3.8, 4) is 0 Å². The van der Waals surface area contributed by atoms with E-state index in [1.165, 1.54) is 16.7 Å². The van der Waals surface area contributed by atoms with Crippen molar-refractivity contribution >= 4 is 17.6 Å². The van der Waals surface area contributed by atoms with Gasteiger partial charge >= 0.3 is 5.97 Å². The molecule has 2 aromatic carbocycles. The number of carbonyl (C=O) groups is 1. The summed E-state index contributed by atoms with van der Waals surface area (Å²) in [7, 11) is 0. The zero-order valence-electron chi connectivity index (χ0n) is 15.4. The van der Waals surface area contributed by atoms with E-state index in [2.05, 4.69) is 55.1 Å². The molecule has 0 aromatic heterocycles. The third kappa shape index (κ3) is 4.46. The molecule has 1 N–H and O–H groups in total. The van der Waals surface area contributed by atoms with Gasteiger partial charge in [0.25, 0.3) is 0 Å². The van der Waals surface area contributed by atoms with Crippen LogP contribution in [0.15, 0.2) is 42.5 Å². The summed E-state index contributed by atoms with van der Waals surface area (Å²) in [4.78, 5) is 13.1. The first-order valence-electron chi connectivity index (χ1n) is 9.25. The van der Waals surface area contributed by atoms with Crippen LogP contribution in [-0.2, 0) is 17.8 Å². The highest BCUT2D eigenvalue weighted by molar-refractivity contribution is 6.31. The summed E-state index contributed by atoms with van der Waals surface area (Å²) < 4.78 is 0. The Labute approximate surface area is 160 Å². The lowest BCUT2D eigenvalue weighted by Gasteiger charge is -2.36. The Morgan fingerprint density at radius 1 is 1.23 bits per heavy atom. The van der Waals surface area contributed by atoms with Crippen LogP contribution < -0.4 is 0 Å². The first-order valence-corrected chi connectivity index (χ1v) is 9.63. The number of halogens is 1. The minimum atomic E-state index is -0.681. The third-order valence-corrected chi connectivity index (χ3v) is 5.76. The summed E-state index contributed by atoms with van der Waals surface area (Å²) >= 11 is 6.17. The summed E-state index contributed by atoms with van der Waals surface area (Å²) in [5.74, 6) is -0.406. The standard InChI is InChI=1S/C22H26ClNO2/c1-3-18(19-7-8-21(23)15(2)9-19)11-16-5-4-6-17(10-16)12-24-13-20(14-24)22(25)26/h4-10,18,20H,3,11-14H2,1-2H3,(H,25,26)/t18-/m0/s1. The van der Waals surface area contributed by atoms with Gasteiger partial charge in [0.1, 0.15) is 0 Å². The first kappa shape index (κ1) is 18.9. The van der Waals surface area contributed by atoms with Crippen molar-refractivity contribution in [2.45, 2.75) is 39.2 Å². The van der Waals surface area contributed by atoms with Crippen LogP contribution in [0.5, 0.6) is 0 Å². The van der Waals surface area contributed by atoms with Gasteiger partial charge in [0.15, 0.2) is 0 Å². The second kappa shape index (κ2) is 8.24. The SMILES string of the molecule is CC[C@@H](Cc1cccc(CN2CC(C(=O)O)C2)c1)c1ccc(Cl)c(C)c1. The van der Waals surface area contributed by atoms with E-state index in [0.29, 0.717) is 19.0 Å². The van der Waals surface area contributed by atoms with Crippen molar-refractivity contribution in [3.63, 3.8) is 0 Å². The second-order valence-corrected chi connectivity index (χ2v) is 7.77. The quantitative estimate of drug-likeness (QED) is 0.752. The number of rotatable bonds is 7. The van der Waals surface area contributed by atoms with Crippen molar-refractivity contribution in [1.29, 1.82) is 0 Å². The van der Waals surface area contributed by atoms with E-state index in [1.54, 1.807) is 0 Å². The first-order chi connectivity index (χ1) is 12.5. The minimum absolute atomic E-state index is 0.198. The highest BCUT2D eigenvalue weighted by Crippen LogP contribution is 2.28. The van der Waals surface area contributed by atoms with E-state index < -0.39 is 5.97 Å². The summed E-state index contributed by atoms with van der Waals surface area (Å²) in [6.45, 7) is 6.41. The van der Waals surface area contributed by atoms with Gasteiger partial charge in [-0.25, -0.2) is 0 Å². The number of carboxylic acids is 1. The smallest absolute Gasteiger partial charge is 0.309 e. The molecule has 1 aliphatic rings. The van der Waals surface area contributed by atoms with Crippen molar-refractivity contribution in [2.24, 2.45) is 5.92 Å². The Morgan fingerprint density at radius 3 is 2.62 bits per heavy atom. The molecule has 0 amide bonds. The number of aryl methyl sites for hydroxylation is 1. The van der Waals surface area contributed by atoms with Crippen LogP contribution in [0.3, 0.4) is 0 Å². The van der Waals surface area contributed by atoms with E-state index in [9.17, 15) is 4.79 Å². The van der Waals surface area contributed by atoms with E-state index in [0.717, 1.165) is 30.0 Å². The highest BCUT2D eigenvalue weighted by atomic mass is 35.5. The average Bonchev–Trinajstić information content (AvgIpc) is 2.58. The van der Waals surface area contributed by atoms with Crippen LogP contribution in [0.4, 0.5) is 0 Å². The zero-order valence-corrected chi connectivity index (χ0v) is 16.2. The molecule has 2 aromatic rings. The van der Waals surface area contributed by atoms with Crippen LogP contribution >= 0.6 is 11.6 Å². The van der Waals surface area contributed by atoms with Gasteiger partial charge < -0.3 is 5.11 Å². The number of carboxylic acid groups (broad SMARTS) is 1. The lowest BCUT2D eigenvalue weighted by molar-refractivity contribution is -0.147. The molecule has 1 aliphatic heterocycles. The molecule has 4 heteroatoms. The van der Waals surface area contributed by atoms with Gasteiger partial charge in [-0.05, 0) is 54.0 Å². The Hall–Kier alpha value is -1.84. The van der Waals surface area contributed by atoms with Gasteiger partial charge in [-0.3, -0.25) is 9.69 Å². The number of aliphatic carboxylic acids is 1. The molecule has 0 aliphatic carbocycles. The van der Waals surface area contributed by atoms with E-state index in [4.69, 9.17) is 16.7 Å². The molecule has 0 unspecified atom stereocenters. The molecule has 0 spiro atoms.